The predicted molar refractivity (Wildman–Crippen MR) is 133 cm³/mol. The molecule has 35 heavy (non-hydrogen) atoms. The molecule has 1 aliphatic heterocycles. The number of sulfonamides is 1. The average Bonchev–Trinajstić information content (AvgIpc) is 3.28. The average molecular weight is 496 g/mol. The molecule has 1 unspecified atom stereocenters. The summed E-state index contributed by atoms with van der Waals surface area (Å²) in [6.45, 7) is 2.44. The lowest BCUT2D eigenvalue weighted by atomic mass is 9.99. The molecule has 1 saturated heterocycles. The Balaban J connectivity index is 1.45. The van der Waals surface area contributed by atoms with E-state index < -0.39 is 15.9 Å². The maximum absolute atomic E-state index is 13.6. The monoisotopic (exact) mass is 495 g/mol. The largest absolute Gasteiger partial charge is 0.497 e. The summed E-state index contributed by atoms with van der Waals surface area (Å²) >= 11 is 0. The summed E-state index contributed by atoms with van der Waals surface area (Å²) in [5.74, 6) is 0.333. The van der Waals surface area contributed by atoms with Crippen molar-refractivity contribution in [3.63, 3.8) is 0 Å². The summed E-state index contributed by atoms with van der Waals surface area (Å²) in [4.78, 5) is 12.9. The third-order valence-electron chi connectivity index (χ3n) is 6.04. The standard InChI is InChI=1S/C26H29N3O5S/c1-19-25(24(34-28-19)15-12-20-7-4-3-5-8-20)35(31,32)29-16-6-9-22(18-29)26(30)27-17-21-10-13-23(33-2)14-11-21/h3-5,7-8,10-15,22H,6,9,16-18H2,1-2H3,(H,27,30). The number of nitrogens with zero attached hydrogens (tertiary/aromatic N) is 2. The maximum atomic E-state index is 13.6. The molecule has 1 atom stereocenters. The molecule has 0 radical (unpaired) electrons. The van der Waals surface area contributed by atoms with Crippen LogP contribution in [0.4, 0.5) is 0 Å². The quantitative estimate of drug-likeness (QED) is 0.509. The molecule has 1 aliphatic rings. The molecule has 0 spiro atoms. The van der Waals surface area contributed by atoms with Gasteiger partial charge in [0.15, 0.2) is 10.7 Å². The second-order valence-corrected chi connectivity index (χ2v) is 10.3. The zero-order valence-corrected chi connectivity index (χ0v) is 20.6. The van der Waals surface area contributed by atoms with E-state index in [0.29, 0.717) is 31.6 Å². The summed E-state index contributed by atoms with van der Waals surface area (Å²) in [7, 11) is -2.29. The summed E-state index contributed by atoms with van der Waals surface area (Å²) in [5.41, 5.74) is 2.15. The van der Waals surface area contributed by atoms with E-state index in [2.05, 4.69) is 10.5 Å². The summed E-state index contributed by atoms with van der Waals surface area (Å²) < 4.78 is 39.0. The summed E-state index contributed by atoms with van der Waals surface area (Å²) in [5, 5.41) is 6.83. The molecule has 1 fully saturated rings. The third-order valence-corrected chi connectivity index (χ3v) is 8.06. The fourth-order valence-electron chi connectivity index (χ4n) is 4.12. The van der Waals surface area contributed by atoms with Crippen LogP contribution < -0.4 is 10.1 Å². The molecule has 184 valence electrons. The lowest BCUT2D eigenvalue weighted by molar-refractivity contribution is -0.126. The predicted octanol–water partition coefficient (Wildman–Crippen LogP) is 3.88. The zero-order chi connectivity index (χ0) is 24.8. The van der Waals surface area contributed by atoms with E-state index in [9.17, 15) is 13.2 Å². The van der Waals surface area contributed by atoms with E-state index in [4.69, 9.17) is 9.26 Å². The van der Waals surface area contributed by atoms with Crippen molar-refractivity contribution in [3.05, 3.63) is 77.2 Å². The number of aromatic nitrogens is 1. The van der Waals surface area contributed by atoms with Gasteiger partial charge in [0.25, 0.3) is 0 Å². The van der Waals surface area contributed by atoms with E-state index >= 15 is 0 Å². The zero-order valence-electron chi connectivity index (χ0n) is 19.8. The maximum Gasteiger partial charge on any atom is 0.248 e. The van der Waals surface area contributed by atoms with Crippen LogP contribution in [0.25, 0.3) is 12.2 Å². The van der Waals surface area contributed by atoms with Gasteiger partial charge in [-0.25, -0.2) is 8.42 Å². The molecule has 8 nitrogen and oxygen atoms in total. The van der Waals surface area contributed by atoms with E-state index in [1.807, 2.05) is 54.6 Å². The highest BCUT2D eigenvalue weighted by atomic mass is 32.2. The van der Waals surface area contributed by atoms with Gasteiger partial charge in [-0.3, -0.25) is 4.79 Å². The molecular formula is C26H29N3O5S. The number of amides is 1. The number of piperidine rings is 1. The van der Waals surface area contributed by atoms with E-state index in [-0.39, 0.29) is 23.1 Å². The molecule has 4 rings (SSSR count). The molecule has 1 amide bonds. The second-order valence-electron chi connectivity index (χ2n) is 8.47. The highest BCUT2D eigenvalue weighted by Crippen LogP contribution is 2.29. The molecule has 1 N–H and O–H groups in total. The Labute approximate surface area is 205 Å². The number of hydrogen-bond acceptors (Lipinski definition) is 6. The van der Waals surface area contributed by atoms with Gasteiger partial charge >= 0.3 is 0 Å². The Morgan fingerprint density at radius 2 is 1.91 bits per heavy atom. The van der Waals surface area contributed by atoms with Crippen LogP contribution in [0.1, 0.15) is 35.4 Å². The molecule has 2 heterocycles. The van der Waals surface area contributed by atoms with Gasteiger partial charge in [0.1, 0.15) is 11.4 Å². The van der Waals surface area contributed by atoms with Crippen molar-refractivity contribution < 1.29 is 22.5 Å². The molecule has 3 aromatic rings. The molecule has 0 bridgehead atoms. The number of nitrogens with one attached hydrogen (secondary N) is 1. The van der Waals surface area contributed by atoms with Crippen molar-refractivity contribution in [2.75, 3.05) is 20.2 Å². The number of methoxy groups -OCH3 is 1. The van der Waals surface area contributed by atoms with Gasteiger partial charge < -0.3 is 14.6 Å². The van der Waals surface area contributed by atoms with Gasteiger partial charge in [-0.05, 0) is 49.1 Å². The van der Waals surface area contributed by atoms with Crippen LogP contribution in [-0.2, 0) is 21.4 Å². The van der Waals surface area contributed by atoms with Crippen molar-refractivity contribution in [2.24, 2.45) is 5.92 Å². The number of aryl methyl sites for hydroxylation is 1. The Morgan fingerprint density at radius 3 is 2.63 bits per heavy atom. The first-order chi connectivity index (χ1) is 16.9. The SMILES string of the molecule is COc1ccc(CNC(=O)C2CCCN(S(=O)(=O)c3c(C)noc3C=Cc3ccccc3)C2)cc1. The Morgan fingerprint density at radius 1 is 1.17 bits per heavy atom. The minimum absolute atomic E-state index is 0.0453. The highest BCUT2D eigenvalue weighted by molar-refractivity contribution is 7.89. The molecule has 9 heteroatoms. The Hall–Kier alpha value is -3.43. The van der Waals surface area contributed by atoms with Crippen molar-refractivity contribution in [3.8, 4) is 5.75 Å². The first-order valence-corrected chi connectivity index (χ1v) is 12.9. The first kappa shape index (κ1) is 24.7. The number of benzene rings is 2. The Kier molecular flexibility index (Phi) is 7.67. The van der Waals surface area contributed by atoms with E-state index in [1.54, 1.807) is 26.2 Å². The normalized spacial score (nSPS) is 16.9. The fraction of sp³-hybridized carbons (Fsp3) is 0.308. The number of hydrogen-bond donors (Lipinski definition) is 1. The highest BCUT2D eigenvalue weighted by Gasteiger charge is 2.36. The van der Waals surface area contributed by atoms with Crippen molar-refractivity contribution in [2.45, 2.75) is 31.2 Å². The van der Waals surface area contributed by atoms with Gasteiger partial charge in [-0.1, -0.05) is 53.7 Å². The summed E-state index contributed by atoms with van der Waals surface area (Å²) in [6.07, 6.45) is 4.62. The minimum atomic E-state index is -3.89. The molecule has 0 aliphatic carbocycles. The van der Waals surface area contributed by atoms with Crippen LogP contribution in [-0.4, -0.2) is 44.0 Å². The molecule has 1 aromatic heterocycles. The molecule has 0 saturated carbocycles. The minimum Gasteiger partial charge on any atom is -0.497 e. The fourth-order valence-corrected chi connectivity index (χ4v) is 5.89. The second kappa shape index (κ2) is 10.9. The van der Waals surface area contributed by atoms with Gasteiger partial charge in [-0.15, -0.1) is 0 Å². The van der Waals surface area contributed by atoms with Crippen LogP contribution >= 0.6 is 0 Å². The van der Waals surface area contributed by atoms with Gasteiger partial charge in [0.05, 0.1) is 13.0 Å². The van der Waals surface area contributed by atoms with Crippen molar-refractivity contribution in [1.82, 2.24) is 14.8 Å². The third kappa shape index (κ3) is 5.80. The topological polar surface area (TPSA) is 102 Å². The van der Waals surface area contributed by atoms with Crippen molar-refractivity contribution in [1.29, 1.82) is 0 Å². The first-order valence-electron chi connectivity index (χ1n) is 11.5. The number of carbonyl (C=O) groups is 1. The number of ether oxygens (including phenoxy) is 1. The van der Waals surface area contributed by atoms with Crippen LogP contribution in [0, 0.1) is 12.8 Å². The Bertz CT molecular complexity index is 1280. The van der Waals surface area contributed by atoms with E-state index in [1.165, 1.54) is 4.31 Å². The van der Waals surface area contributed by atoms with Crippen LogP contribution in [0.3, 0.4) is 0 Å². The number of rotatable bonds is 8. The number of carbonyl (C=O) groups excluding carboxylic acids is 1. The van der Waals surface area contributed by atoms with Crippen LogP contribution in [0.15, 0.2) is 64.0 Å². The van der Waals surface area contributed by atoms with E-state index in [0.717, 1.165) is 16.9 Å². The van der Waals surface area contributed by atoms with Gasteiger partial charge in [0.2, 0.25) is 15.9 Å². The lowest BCUT2D eigenvalue weighted by Crippen LogP contribution is -2.45. The van der Waals surface area contributed by atoms with Crippen molar-refractivity contribution >= 4 is 28.1 Å². The van der Waals surface area contributed by atoms with Gasteiger partial charge in [0, 0.05) is 19.6 Å². The summed E-state index contributed by atoms with van der Waals surface area (Å²) in [6, 6.07) is 17.0. The van der Waals surface area contributed by atoms with Crippen LogP contribution in [0.2, 0.25) is 0 Å². The van der Waals surface area contributed by atoms with Gasteiger partial charge in [-0.2, -0.15) is 4.31 Å². The van der Waals surface area contributed by atoms with Crippen LogP contribution in [0.5, 0.6) is 5.75 Å². The molecule has 2 aromatic carbocycles. The molecular weight excluding hydrogens is 466 g/mol. The smallest absolute Gasteiger partial charge is 0.248 e. The lowest BCUT2D eigenvalue weighted by Gasteiger charge is -2.31.